The number of halogens is 1. The molecule has 1 fully saturated rings. The molecule has 5 heteroatoms. The maximum absolute atomic E-state index is 13.0. The van der Waals surface area contributed by atoms with Crippen molar-refractivity contribution in [2.24, 2.45) is 0 Å². The lowest BCUT2D eigenvalue weighted by molar-refractivity contribution is 0.239. The molecular weight excluding hydrogens is 342 g/mol. The zero-order valence-corrected chi connectivity index (χ0v) is 16.5. The Morgan fingerprint density at radius 3 is 2.46 bits per heavy atom. The lowest BCUT2D eigenvalue weighted by Gasteiger charge is -2.37. The molecule has 0 radical (unpaired) electrons. The van der Waals surface area contributed by atoms with E-state index in [0.29, 0.717) is 11.4 Å². The highest BCUT2D eigenvalue weighted by atomic mass is 35.5. The molecule has 2 rings (SSSR count). The lowest BCUT2D eigenvalue weighted by Crippen LogP contribution is -2.46. The van der Waals surface area contributed by atoms with Gasteiger partial charge in [-0.05, 0) is 38.3 Å². The van der Waals surface area contributed by atoms with Crippen molar-refractivity contribution in [3.05, 3.63) is 29.8 Å². The summed E-state index contributed by atoms with van der Waals surface area (Å²) < 4.78 is 27.8. The summed E-state index contributed by atoms with van der Waals surface area (Å²) in [6.45, 7) is 4.70. The Hall–Kier alpha value is -0.580. The third-order valence-electron chi connectivity index (χ3n) is 4.87. The van der Waals surface area contributed by atoms with Crippen LogP contribution < -0.4 is 0 Å². The number of alkyl halides is 1. The van der Waals surface area contributed by atoms with E-state index in [1.807, 2.05) is 19.1 Å². The standard InChI is InChI=1S/C19H30ClNO2S/c1-3-4-5-6-7-8-18-15-17(20)13-14-21(18)24(22,23)19-11-9-16(2)10-12-19/h9-12,17-18H,3-8,13-15H2,1-2H3/t17-,18-/m1/s1. The Kier molecular flexibility index (Phi) is 7.58. The minimum atomic E-state index is -3.42. The Bertz CT molecular complexity index is 600. The zero-order chi connectivity index (χ0) is 17.6. The number of sulfonamides is 1. The van der Waals surface area contributed by atoms with Gasteiger partial charge in [0.25, 0.3) is 0 Å². The van der Waals surface area contributed by atoms with Crippen LogP contribution in [0.25, 0.3) is 0 Å². The van der Waals surface area contributed by atoms with Crippen molar-refractivity contribution in [2.45, 2.75) is 81.5 Å². The largest absolute Gasteiger partial charge is 0.243 e. The molecule has 0 aromatic heterocycles. The van der Waals surface area contributed by atoms with E-state index in [1.54, 1.807) is 16.4 Å². The molecule has 0 spiro atoms. The van der Waals surface area contributed by atoms with Crippen molar-refractivity contribution in [3.63, 3.8) is 0 Å². The average molecular weight is 372 g/mol. The van der Waals surface area contributed by atoms with Crippen molar-refractivity contribution >= 4 is 21.6 Å². The number of hydrogen-bond acceptors (Lipinski definition) is 2. The maximum Gasteiger partial charge on any atom is 0.243 e. The maximum atomic E-state index is 13.0. The molecule has 1 aliphatic heterocycles. The molecule has 0 bridgehead atoms. The van der Waals surface area contributed by atoms with Crippen LogP contribution in [0.3, 0.4) is 0 Å². The quantitative estimate of drug-likeness (QED) is 0.470. The van der Waals surface area contributed by atoms with Crippen LogP contribution >= 0.6 is 11.6 Å². The van der Waals surface area contributed by atoms with Gasteiger partial charge in [0.15, 0.2) is 0 Å². The summed E-state index contributed by atoms with van der Waals surface area (Å²) in [5, 5.41) is 0.0927. The van der Waals surface area contributed by atoms with Crippen LogP contribution in [0.5, 0.6) is 0 Å². The molecule has 1 aliphatic rings. The van der Waals surface area contributed by atoms with E-state index >= 15 is 0 Å². The molecule has 24 heavy (non-hydrogen) atoms. The van der Waals surface area contributed by atoms with Gasteiger partial charge < -0.3 is 0 Å². The van der Waals surface area contributed by atoms with Gasteiger partial charge in [-0.3, -0.25) is 0 Å². The van der Waals surface area contributed by atoms with Gasteiger partial charge in [-0.1, -0.05) is 56.7 Å². The molecule has 1 aromatic rings. The third-order valence-corrected chi connectivity index (χ3v) is 7.23. The van der Waals surface area contributed by atoms with Gasteiger partial charge >= 0.3 is 0 Å². The van der Waals surface area contributed by atoms with Crippen LogP contribution in [-0.4, -0.2) is 30.7 Å². The highest BCUT2D eigenvalue weighted by Gasteiger charge is 2.35. The number of piperidine rings is 1. The molecule has 2 atom stereocenters. The summed E-state index contributed by atoms with van der Waals surface area (Å²) >= 11 is 6.33. The number of rotatable bonds is 8. The normalized spacial score (nSPS) is 22.6. The summed E-state index contributed by atoms with van der Waals surface area (Å²) in [7, 11) is -3.42. The number of unbranched alkanes of at least 4 members (excludes halogenated alkanes) is 4. The highest BCUT2D eigenvalue weighted by molar-refractivity contribution is 7.89. The highest BCUT2D eigenvalue weighted by Crippen LogP contribution is 2.30. The van der Waals surface area contributed by atoms with E-state index in [-0.39, 0.29) is 11.4 Å². The summed E-state index contributed by atoms with van der Waals surface area (Å²) in [6.07, 6.45) is 8.38. The topological polar surface area (TPSA) is 37.4 Å². The molecule has 0 unspecified atom stereocenters. The summed E-state index contributed by atoms with van der Waals surface area (Å²) in [6, 6.07) is 7.20. The molecular formula is C19H30ClNO2S. The van der Waals surface area contributed by atoms with Gasteiger partial charge in [0, 0.05) is 18.0 Å². The number of benzene rings is 1. The lowest BCUT2D eigenvalue weighted by atomic mass is 9.98. The van der Waals surface area contributed by atoms with E-state index in [9.17, 15) is 8.42 Å². The molecule has 1 heterocycles. The van der Waals surface area contributed by atoms with E-state index in [4.69, 9.17) is 11.6 Å². The van der Waals surface area contributed by atoms with Crippen LogP contribution in [0.1, 0.15) is 63.9 Å². The van der Waals surface area contributed by atoms with Gasteiger partial charge in [-0.2, -0.15) is 4.31 Å². The molecule has 3 nitrogen and oxygen atoms in total. The number of nitrogens with zero attached hydrogens (tertiary/aromatic N) is 1. The van der Waals surface area contributed by atoms with Gasteiger partial charge in [0.1, 0.15) is 0 Å². The molecule has 0 N–H and O–H groups in total. The fraction of sp³-hybridized carbons (Fsp3) is 0.684. The van der Waals surface area contributed by atoms with Gasteiger partial charge in [-0.15, -0.1) is 11.6 Å². The van der Waals surface area contributed by atoms with Crippen molar-refractivity contribution in [3.8, 4) is 0 Å². The number of aryl methyl sites for hydroxylation is 1. The minimum absolute atomic E-state index is 0.0363. The second kappa shape index (κ2) is 9.21. The molecule has 1 saturated heterocycles. The fourth-order valence-electron chi connectivity index (χ4n) is 3.39. The Morgan fingerprint density at radius 1 is 1.12 bits per heavy atom. The smallest absolute Gasteiger partial charge is 0.207 e. The monoisotopic (exact) mass is 371 g/mol. The van der Waals surface area contributed by atoms with E-state index < -0.39 is 10.0 Å². The average Bonchev–Trinajstić information content (AvgIpc) is 2.55. The second-order valence-corrected chi connectivity index (χ2v) is 9.41. The summed E-state index contributed by atoms with van der Waals surface area (Å²) in [5.74, 6) is 0. The predicted octanol–water partition coefficient (Wildman–Crippen LogP) is 5.12. The van der Waals surface area contributed by atoms with Crippen molar-refractivity contribution in [2.75, 3.05) is 6.54 Å². The minimum Gasteiger partial charge on any atom is -0.207 e. The Morgan fingerprint density at radius 2 is 1.79 bits per heavy atom. The first kappa shape index (κ1) is 19.7. The fourth-order valence-corrected chi connectivity index (χ4v) is 5.37. The van der Waals surface area contributed by atoms with E-state index in [2.05, 4.69) is 6.92 Å². The van der Waals surface area contributed by atoms with Gasteiger partial charge in [-0.25, -0.2) is 8.42 Å². The van der Waals surface area contributed by atoms with Crippen LogP contribution in [0, 0.1) is 6.92 Å². The summed E-state index contributed by atoms with van der Waals surface area (Å²) in [4.78, 5) is 0.400. The SMILES string of the molecule is CCCCCCC[C@@H]1C[C@H](Cl)CCN1S(=O)(=O)c1ccc(C)cc1. The molecule has 0 amide bonds. The number of hydrogen-bond donors (Lipinski definition) is 0. The first-order valence-corrected chi connectivity index (χ1v) is 11.1. The Balaban J connectivity index is 2.07. The van der Waals surface area contributed by atoms with E-state index in [0.717, 1.165) is 31.2 Å². The van der Waals surface area contributed by atoms with Crippen molar-refractivity contribution in [1.82, 2.24) is 4.31 Å². The van der Waals surface area contributed by atoms with Crippen LogP contribution in [0.2, 0.25) is 0 Å². The first-order chi connectivity index (χ1) is 11.4. The molecule has 0 aliphatic carbocycles. The Labute approximate surface area is 152 Å². The molecule has 1 aromatic carbocycles. The van der Waals surface area contributed by atoms with Crippen LogP contribution in [0.4, 0.5) is 0 Å². The van der Waals surface area contributed by atoms with Crippen LogP contribution in [0.15, 0.2) is 29.2 Å². The van der Waals surface area contributed by atoms with Gasteiger partial charge in [0.05, 0.1) is 4.90 Å². The first-order valence-electron chi connectivity index (χ1n) is 9.17. The van der Waals surface area contributed by atoms with Crippen molar-refractivity contribution in [1.29, 1.82) is 0 Å². The molecule has 136 valence electrons. The molecule has 0 saturated carbocycles. The van der Waals surface area contributed by atoms with Gasteiger partial charge in [0.2, 0.25) is 10.0 Å². The zero-order valence-electron chi connectivity index (χ0n) is 14.9. The van der Waals surface area contributed by atoms with Crippen LogP contribution in [-0.2, 0) is 10.0 Å². The second-order valence-electron chi connectivity index (χ2n) is 6.91. The third kappa shape index (κ3) is 5.21. The summed E-state index contributed by atoms with van der Waals surface area (Å²) in [5.41, 5.74) is 1.07. The predicted molar refractivity (Wildman–Crippen MR) is 101 cm³/mol. The van der Waals surface area contributed by atoms with E-state index in [1.165, 1.54) is 25.7 Å². The van der Waals surface area contributed by atoms with Crippen molar-refractivity contribution < 1.29 is 8.42 Å².